The summed E-state index contributed by atoms with van der Waals surface area (Å²) in [5.74, 6) is 0.253. The summed E-state index contributed by atoms with van der Waals surface area (Å²) in [7, 11) is 3.21. The fourth-order valence-corrected chi connectivity index (χ4v) is 3.44. The number of rotatable bonds is 7. The van der Waals surface area contributed by atoms with Crippen molar-refractivity contribution in [2.24, 2.45) is 0 Å². The van der Waals surface area contributed by atoms with Gasteiger partial charge < -0.3 is 19.9 Å². The molecule has 3 rings (SSSR count). The number of piperidine rings is 1. The molecule has 1 saturated heterocycles. The Morgan fingerprint density at radius 2 is 1.83 bits per heavy atom. The van der Waals surface area contributed by atoms with Gasteiger partial charge in [-0.25, -0.2) is 0 Å². The van der Waals surface area contributed by atoms with Gasteiger partial charge in [-0.1, -0.05) is 12.1 Å². The largest absolute Gasteiger partial charge is 0.497 e. The number of amides is 2. The number of nitrogens with one attached hydrogen (secondary N) is 1. The van der Waals surface area contributed by atoms with Gasteiger partial charge in [-0.15, -0.1) is 0 Å². The van der Waals surface area contributed by atoms with Crippen molar-refractivity contribution < 1.29 is 14.3 Å². The Kier molecular flexibility index (Phi) is 7.49. The van der Waals surface area contributed by atoms with E-state index in [-0.39, 0.29) is 18.4 Å². The number of benzene rings is 2. The smallest absolute Gasteiger partial charge is 0.246 e. The summed E-state index contributed by atoms with van der Waals surface area (Å²) >= 11 is 0. The van der Waals surface area contributed by atoms with E-state index in [2.05, 4.69) is 10.2 Å². The zero-order valence-electron chi connectivity index (χ0n) is 17.6. The highest BCUT2D eigenvalue weighted by Gasteiger charge is 2.13. The van der Waals surface area contributed by atoms with Gasteiger partial charge in [0.05, 0.1) is 13.7 Å². The van der Waals surface area contributed by atoms with Crippen LogP contribution >= 0.6 is 0 Å². The first-order valence-electron chi connectivity index (χ1n) is 10.3. The first-order valence-corrected chi connectivity index (χ1v) is 10.3. The van der Waals surface area contributed by atoms with Gasteiger partial charge in [0, 0.05) is 37.6 Å². The lowest BCUT2D eigenvalue weighted by Gasteiger charge is -2.28. The lowest BCUT2D eigenvalue weighted by Crippen LogP contribution is -2.33. The summed E-state index contributed by atoms with van der Waals surface area (Å²) in [6, 6.07) is 15.3. The van der Waals surface area contributed by atoms with Crippen molar-refractivity contribution in [2.75, 3.05) is 44.0 Å². The second kappa shape index (κ2) is 10.5. The highest BCUT2D eigenvalue weighted by Crippen LogP contribution is 2.21. The molecule has 6 heteroatoms. The van der Waals surface area contributed by atoms with Crippen LogP contribution in [0, 0.1) is 0 Å². The lowest BCUT2D eigenvalue weighted by atomic mass is 10.1. The van der Waals surface area contributed by atoms with E-state index in [1.165, 1.54) is 35.9 Å². The van der Waals surface area contributed by atoms with E-state index in [1.54, 1.807) is 20.2 Å². The maximum absolute atomic E-state index is 12.3. The third kappa shape index (κ3) is 6.11. The zero-order chi connectivity index (χ0) is 21.3. The van der Waals surface area contributed by atoms with Crippen LogP contribution in [0.15, 0.2) is 54.6 Å². The number of carbonyl (C=O) groups excluding carboxylic acids is 2. The van der Waals surface area contributed by atoms with Crippen LogP contribution in [0.2, 0.25) is 0 Å². The number of hydrogen-bond acceptors (Lipinski definition) is 4. The van der Waals surface area contributed by atoms with Crippen LogP contribution in [0.25, 0.3) is 6.08 Å². The molecule has 0 unspecified atom stereocenters. The second-order valence-electron chi connectivity index (χ2n) is 7.45. The Bertz CT molecular complexity index is 887. The quantitative estimate of drug-likeness (QED) is 0.710. The Morgan fingerprint density at radius 1 is 1.10 bits per heavy atom. The fourth-order valence-electron chi connectivity index (χ4n) is 3.44. The average Bonchev–Trinajstić information content (AvgIpc) is 2.78. The van der Waals surface area contributed by atoms with Crippen LogP contribution in [-0.2, 0) is 9.59 Å². The number of nitrogens with zero attached hydrogens (tertiary/aromatic N) is 2. The molecule has 2 aromatic rings. The van der Waals surface area contributed by atoms with E-state index in [0.717, 1.165) is 30.1 Å². The van der Waals surface area contributed by atoms with Gasteiger partial charge >= 0.3 is 0 Å². The van der Waals surface area contributed by atoms with Gasteiger partial charge in [0.15, 0.2) is 0 Å². The molecule has 30 heavy (non-hydrogen) atoms. The van der Waals surface area contributed by atoms with E-state index in [0.29, 0.717) is 0 Å². The fraction of sp³-hybridized carbons (Fsp3) is 0.333. The van der Waals surface area contributed by atoms with Gasteiger partial charge in [0.2, 0.25) is 11.8 Å². The molecule has 1 aliphatic rings. The summed E-state index contributed by atoms with van der Waals surface area (Å²) in [6.07, 6.45) is 6.91. The van der Waals surface area contributed by atoms with Crippen LogP contribution < -0.4 is 15.0 Å². The predicted molar refractivity (Wildman–Crippen MR) is 121 cm³/mol. The molecule has 1 aliphatic heterocycles. The minimum absolute atomic E-state index is 0.0187. The minimum Gasteiger partial charge on any atom is -0.497 e. The zero-order valence-corrected chi connectivity index (χ0v) is 17.6. The van der Waals surface area contributed by atoms with Crippen LogP contribution in [-0.4, -0.2) is 50.5 Å². The monoisotopic (exact) mass is 407 g/mol. The van der Waals surface area contributed by atoms with Crippen LogP contribution in [0.1, 0.15) is 24.8 Å². The van der Waals surface area contributed by atoms with Gasteiger partial charge in [0.1, 0.15) is 5.75 Å². The highest BCUT2D eigenvalue weighted by molar-refractivity contribution is 5.98. The standard InChI is InChI=1S/C24H29N3O3/c1-26(24(29)14-9-19-7-6-8-22(17-19)30-2)18-23(28)25-20-10-12-21(13-11-20)27-15-4-3-5-16-27/h6-14,17H,3-5,15-16,18H2,1-2H3,(H,25,28)/b14-9+. The number of methoxy groups -OCH3 is 1. The Labute approximate surface area is 178 Å². The first-order chi connectivity index (χ1) is 14.5. The molecular weight excluding hydrogens is 378 g/mol. The molecule has 158 valence electrons. The molecule has 2 amide bonds. The first kappa shape index (κ1) is 21.4. The topological polar surface area (TPSA) is 61.9 Å². The maximum Gasteiger partial charge on any atom is 0.246 e. The van der Waals surface area contributed by atoms with Crippen molar-refractivity contribution in [1.82, 2.24) is 4.90 Å². The lowest BCUT2D eigenvalue weighted by molar-refractivity contribution is -0.129. The molecule has 0 atom stereocenters. The summed E-state index contributed by atoms with van der Waals surface area (Å²) in [4.78, 5) is 28.4. The summed E-state index contributed by atoms with van der Waals surface area (Å²) in [5.41, 5.74) is 2.77. The molecule has 1 heterocycles. The van der Waals surface area contributed by atoms with E-state index in [4.69, 9.17) is 4.74 Å². The number of carbonyl (C=O) groups is 2. The SMILES string of the molecule is COc1cccc(/C=C/C(=O)N(C)CC(=O)Nc2ccc(N3CCCCC3)cc2)c1. The number of hydrogen-bond donors (Lipinski definition) is 1. The molecule has 0 saturated carbocycles. The number of anilines is 2. The minimum atomic E-state index is -0.242. The van der Waals surface area contributed by atoms with E-state index in [1.807, 2.05) is 48.5 Å². The molecule has 0 radical (unpaired) electrons. The molecule has 0 bridgehead atoms. The summed E-state index contributed by atoms with van der Waals surface area (Å²) in [5, 5.41) is 2.85. The van der Waals surface area contributed by atoms with Gasteiger partial charge in [-0.2, -0.15) is 0 Å². The normalized spacial score (nSPS) is 13.9. The Balaban J connectivity index is 1.49. The molecule has 0 aromatic heterocycles. The number of ether oxygens (including phenoxy) is 1. The maximum atomic E-state index is 12.3. The van der Waals surface area contributed by atoms with Crippen molar-refractivity contribution in [1.29, 1.82) is 0 Å². The van der Waals surface area contributed by atoms with E-state index >= 15 is 0 Å². The van der Waals surface area contributed by atoms with Crippen LogP contribution in [0.4, 0.5) is 11.4 Å². The Hall–Kier alpha value is -3.28. The van der Waals surface area contributed by atoms with Crippen molar-refractivity contribution in [3.63, 3.8) is 0 Å². The molecule has 6 nitrogen and oxygen atoms in total. The van der Waals surface area contributed by atoms with Gasteiger partial charge in [0.25, 0.3) is 0 Å². The number of likely N-dealkylation sites (N-methyl/N-ethyl adjacent to an activating group) is 1. The predicted octanol–water partition coefficient (Wildman–Crippen LogP) is 3.80. The Morgan fingerprint density at radius 3 is 2.53 bits per heavy atom. The molecule has 1 fully saturated rings. The highest BCUT2D eigenvalue weighted by atomic mass is 16.5. The van der Waals surface area contributed by atoms with Crippen LogP contribution in [0.5, 0.6) is 5.75 Å². The molecular formula is C24H29N3O3. The van der Waals surface area contributed by atoms with Gasteiger partial charge in [-0.05, 0) is 67.3 Å². The molecule has 0 aliphatic carbocycles. The molecule has 2 aromatic carbocycles. The molecule has 0 spiro atoms. The van der Waals surface area contributed by atoms with Crippen molar-refractivity contribution in [2.45, 2.75) is 19.3 Å². The van der Waals surface area contributed by atoms with Crippen LogP contribution in [0.3, 0.4) is 0 Å². The van der Waals surface area contributed by atoms with Crippen molar-refractivity contribution in [3.05, 3.63) is 60.2 Å². The average molecular weight is 408 g/mol. The third-order valence-electron chi connectivity index (χ3n) is 5.14. The van der Waals surface area contributed by atoms with Crippen molar-refractivity contribution in [3.8, 4) is 5.75 Å². The second-order valence-corrected chi connectivity index (χ2v) is 7.45. The molecule has 1 N–H and O–H groups in total. The summed E-state index contributed by atoms with van der Waals surface area (Å²) in [6.45, 7) is 2.15. The van der Waals surface area contributed by atoms with E-state index in [9.17, 15) is 9.59 Å². The van der Waals surface area contributed by atoms with Gasteiger partial charge in [-0.3, -0.25) is 9.59 Å². The third-order valence-corrected chi connectivity index (χ3v) is 5.14. The van der Waals surface area contributed by atoms with Crippen molar-refractivity contribution >= 4 is 29.3 Å². The van der Waals surface area contributed by atoms with E-state index < -0.39 is 0 Å². The summed E-state index contributed by atoms with van der Waals surface area (Å²) < 4.78 is 5.18.